The number of para-hydroxylation sites is 1. The highest BCUT2D eigenvalue weighted by molar-refractivity contribution is 7.89. The molecule has 6 nitrogen and oxygen atoms in total. The van der Waals surface area contributed by atoms with E-state index in [9.17, 15) is 13.2 Å². The van der Waals surface area contributed by atoms with Crippen molar-refractivity contribution in [3.63, 3.8) is 0 Å². The molecule has 2 heterocycles. The van der Waals surface area contributed by atoms with Crippen molar-refractivity contribution in [3.8, 4) is 0 Å². The minimum absolute atomic E-state index is 0.0797. The average molecular weight is 430 g/mol. The van der Waals surface area contributed by atoms with E-state index in [0.29, 0.717) is 18.7 Å². The summed E-state index contributed by atoms with van der Waals surface area (Å²) in [6.07, 6.45) is 4.78. The van der Waals surface area contributed by atoms with Crippen LogP contribution in [-0.2, 0) is 10.0 Å². The summed E-state index contributed by atoms with van der Waals surface area (Å²) in [5, 5.41) is 1.24. The molecule has 1 aliphatic rings. The zero-order valence-electron chi connectivity index (χ0n) is 15.8. The molecule has 150 valence electrons. The van der Waals surface area contributed by atoms with E-state index in [4.69, 9.17) is 11.6 Å². The predicted molar refractivity (Wildman–Crippen MR) is 114 cm³/mol. The Kier molecular flexibility index (Phi) is 5.21. The summed E-state index contributed by atoms with van der Waals surface area (Å²) in [7, 11) is -2.44. The summed E-state index contributed by atoms with van der Waals surface area (Å²) in [5.41, 5.74) is 3.73. The lowest BCUT2D eigenvalue weighted by atomic mass is 9.98. The van der Waals surface area contributed by atoms with E-state index in [2.05, 4.69) is 21.8 Å². The van der Waals surface area contributed by atoms with Gasteiger partial charge in [-0.2, -0.15) is 0 Å². The monoisotopic (exact) mass is 429 g/mol. The van der Waals surface area contributed by atoms with Crippen LogP contribution < -0.4 is 4.72 Å². The lowest BCUT2D eigenvalue weighted by Crippen LogP contribution is -2.34. The Morgan fingerprint density at radius 3 is 2.72 bits per heavy atom. The number of amides is 1. The Balaban J connectivity index is 1.57. The van der Waals surface area contributed by atoms with Crippen LogP contribution in [0.2, 0.25) is 5.02 Å². The van der Waals surface area contributed by atoms with Crippen LogP contribution in [0.1, 0.15) is 22.3 Å². The number of benzene rings is 2. The van der Waals surface area contributed by atoms with Gasteiger partial charge in [0.1, 0.15) is 4.90 Å². The number of nitrogens with zero attached hydrogens (tertiary/aromatic N) is 1. The van der Waals surface area contributed by atoms with Crippen molar-refractivity contribution in [2.24, 2.45) is 0 Å². The molecular weight excluding hydrogens is 410 g/mol. The number of carbonyl (C=O) groups is 1. The quantitative estimate of drug-likeness (QED) is 0.664. The second kappa shape index (κ2) is 7.67. The van der Waals surface area contributed by atoms with Gasteiger partial charge in [-0.3, -0.25) is 4.79 Å². The number of aromatic amines is 1. The second-order valence-corrected chi connectivity index (χ2v) is 9.09. The van der Waals surface area contributed by atoms with Crippen LogP contribution in [0.15, 0.2) is 59.6 Å². The molecule has 0 fully saturated rings. The second-order valence-electron chi connectivity index (χ2n) is 6.83. The Morgan fingerprint density at radius 2 is 2.00 bits per heavy atom. The van der Waals surface area contributed by atoms with E-state index in [1.165, 1.54) is 24.8 Å². The molecule has 0 aliphatic carbocycles. The summed E-state index contributed by atoms with van der Waals surface area (Å²) >= 11 is 6.02. The van der Waals surface area contributed by atoms with Crippen molar-refractivity contribution in [1.29, 1.82) is 0 Å². The Labute approximate surface area is 174 Å². The first-order valence-corrected chi connectivity index (χ1v) is 11.0. The minimum Gasteiger partial charge on any atom is -0.361 e. The van der Waals surface area contributed by atoms with Crippen molar-refractivity contribution < 1.29 is 13.2 Å². The number of aromatic nitrogens is 1. The lowest BCUT2D eigenvalue weighted by Gasteiger charge is -2.27. The molecule has 2 aromatic carbocycles. The summed E-state index contributed by atoms with van der Waals surface area (Å²) in [6.45, 7) is 1.02. The molecule has 0 bridgehead atoms. The number of rotatable bonds is 4. The SMILES string of the molecule is CNS(=O)(=O)c1cc(C(=O)N2CC=C(c3c[nH]c4ccccc34)CC2)ccc1Cl. The third-order valence-electron chi connectivity index (χ3n) is 5.17. The van der Waals surface area contributed by atoms with Gasteiger partial charge in [0.2, 0.25) is 10.0 Å². The molecule has 4 rings (SSSR count). The molecule has 0 atom stereocenters. The van der Waals surface area contributed by atoms with Crippen LogP contribution in [0.4, 0.5) is 0 Å². The molecule has 0 unspecified atom stereocenters. The highest BCUT2D eigenvalue weighted by Crippen LogP contribution is 2.30. The van der Waals surface area contributed by atoms with E-state index in [0.717, 1.165) is 22.9 Å². The molecule has 1 amide bonds. The van der Waals surface area contributed by atoms with E-state index < -0.39 is 10.0 Å². The van der Waals surface area contributed by atoms with Gasteiger partial charge >= 0.3 is 0 Å². The normalized spacial score (nSPS) is 14.8. The number of sulfonamides is 1. The molecule has 1 aromatic heterocycles. The van der Waals surface area contributed by atoms with Gasteiger partial charge in [0.25, 0.3) is 5.91 Å². The largest absolute Gasteiger partial charge is 0.361 e. The number of H-pyrrole nitrogens is 1. The number of hydrogen-bond acceptors (Lipinski definition) is 3. The van der Waals surface area contributed by atoms with Gasteiger partial charge < -0.3 is 9.88 Å². The van der Waals surface area contributed by atoms with Crippen LogP contribution in [0, 0.1) is 0 Å². The number of nitrogens with one attached hydrogen (secondary N) is 2. The lowest BCUT2D eigenvalue weighted by molar-refractivity contribution is 0.0772. The van der Waals surface area contributed by atoms with E-state index in [1.54, 1.807) is 11.0 Å². The summed E-state index contributed by atoms with van der Waals surface area (Å²) in [6, 6.07) is 12.4. The predicted octanol–water partition coefficient (Wildman–Crippen LogP) is 3.66. The maximum absolute atomic E-state index is 12.9. The van der Waals surface area contributed by atoms with Gasteiger partial charge in [0.05, 0.1) is 5.02 Å². The van der Waals surface area contributed by atoms with Gasteiger partial charge in [0, 0.05) is 41.3 Å². The number of fused-ring (bicyclic) bond motifs is 1. The third kappa shape index (κ3) is 3.69. The fraction of sp³-hybridized carbons (Fsp3) is 0.190. The Hall–Kier alpha value is -2.61. The van der Waals surface area contributed by atoms with Gasteiger partial charge in [-0.15, -0.1) is 0 Å². The first-order chi connectivity index (χ1) is 13.9. The standard InChI is InChI=1S/C21H20ClN3O3S/c1-23-29(27,28)20-12-15(6-7-18(20)22)21(26)25-10-8-14(9-11-25)17-13-24-19-5-3-2-4-16(17)19/h2-8,12-13,23-24H,9-11H2,1H3. The third-order valence-corrected chi connectivity index (χ3v) is 7.06. The molecule has 0 saturated heterocycles. The van der Waals surface area contributed by atoms with Crippen molar-refractivity contribution in [1.82, 2.24) is 14.6 Å². The maximum atomic E-state index is 12.9. The van der Waals surface area contributed by atoms with E-state index in [-0.39, 0.29) is 15.8 Å². The summed E-state index contributed by atoms with van der Waals surface area (Å²) in [4.78, 5) is 17.8. The molecule has 2 N–H and O–H groups in total. The average Bonchev–Trinajstić information content (AvgIpc) is 3.18. The molecule has 3 aromatic rings. The summed E-state index contributed by atoms with van der Waals surface area (Å²) < 4.78 is 26.5. The summed E-state index contributed by atoms with van der Waals surface area (Å²) in [5.74, 6) is -0.219. The Morgan fingerprint density at radius 1 is 1.21 bits per heavy atom. The highest BCUT2D eigenvalue weighted by Gasteiger charge is 2.23. The van der Waals surface area contributed by atoms with Crippen molar-refractivity contribution in [3.05, 3.63) is 70.9 Å². The van der Waals surface area contributed by atoms with Gasteiger partial charge in [-0.1, -0.05) is 35.9 Å². The minimum atomic E-state index is -3.74. The molecule has 29 heavy (non-hydrogen) atoms. The van der Waals surface area contributed by atoms with Crippen LogP contribution >= 0.6 is 11.6 Å². The molecule has 0 radical (unpaired) electrons. The zero-order valence-corrected chi connectivity index (χ0v) is 17.3. The van der Waals surface area contributed by atoms with Gasteiger partial charge in [0.15, 0.2) is 0 Å². The zero-order chi connectivity index (χ0) is 20.6. The van der Waals surface area contributed by atoms with Crippen LogP contribution in [0.25, 0.3) is 16.5 Å². The van der Waals surface area contributed by atoms with Gasteiger partial charge in [-0.05, 0) is 43.3 Å². The van der Waals surface area contributed by atoms with Crippen molar-refractivity contribution >= 4 is 44.0 Å². The first kappa shape index (κ1) is 19.7. The smallest absolute Gasteiger partial charge is 0.254 e. The molecular formula is C21H20ClN3O3S. The Bertz CT molecular complexity index is 1230. The number of halogens is 1. The molecule has 0 saturated carbocycles. The first-order valence-electron chi connectivity index (χ1n) is 9.18. The molecule has 0 spiro atoms. The highest BCUT2D eigenvalue weighted by atomic mass is 35.5. The topological polar surface area (TPSA) is 82.3 Å². The fourth-order valence-electron chi connectivity index (χ4n) is 3.57. The van der Waals surface area contributed by atoms with E-state index in [1.807, 2.05) is 24.4 Å². The number of hydrogen-bond donors (Lipinski definition) is 2. The number of carbonyl (C=O) groups excluding carboxylic acids is 1. The van der Waals surface area contributed by atoms with Crippen LogP contribution in [-0.4, -0.2) is 44.3 Å². The fourth-order valence-corrected chi connectivity index (χ4v) is 4.82. The van der Waals surface area contributed by atoms with Crippen molar-refractivity contribution in [2.75, 3.05) is 20.1 Å². The van der Waals surface area contributed by atoms with Gasteiger partial charge in [-0.25, -0.2) is 13.1 Å². The van der Waals surface area contributed by atoms with Crippen LogP contribution in [0.5, 0.6) is 0 Å². The van der Waals surface area contributed by atoms with Crippen LogP contribution in [0.3, 0.4) is 0 Å². The molecule has 8 heteroatoms. The molecule has 1 aliphatic heterocycles. The maximum Gasteiger partial charge on any atom is 0.254 e. The van der Waals surface area contributed by atoms with E-state index >= 15 is 0 Å². The van der Waals surface area contributed by atoms with Crippen molar-refractivity contribution in [2.45, 2.75) is 11.3 Å².